The van der Waals surface area contributed by atoms with Crippen LogP contribution in [0.25, 0.3) is 0 Å². The summed E-state index contributed by atoms with van der Waals surface area (Å²) in [4.78, 5) is 0. The molecule has 6 nitrogen and oxygen atoms in total. The van der Waals surface area contributed by atoms with Crippen molar-refractivity contribution in [2.75, 3.05) is 10.6 Å². The van der Waals surface area contributed by atoms with Crippen LogP contribution in [-0.4, -0.2) is 5.11 Å². The van der Waals surface area contributed by atoms with Crippen LogP contribution in [0, 0.1) is 0 Å². The van der Waals surface area contributed by atoms with E-state index >= 15 is 0 Å². The molecule has 0 saturated carbocycles. The highest BCUT2D eigenvalue weighted by atomic mass is 79.9. The molecule has 6 N–H and O–H groups in total. The molecule has 0 spiro atoms. The van der Waals surface area contributed by atoms with Crippen molar-refractivity contribution in [1.29, 1.82) is 0 Å². The van der Waals surface area contributed by atoms with Crippen LogP contribution in [0.4, 0.5) is 37.7 Å². The molecule has 0 bridgehead atoms. The van der Waals surface area contributed by atoms with Crippen molar-refractivity contribution in [3.8, 4) is 0 Å². The molecular weight excluding hydrogens is 502 g/mol. The predicted molar refractivity (Wildman–Crippen MR) is 106 cm³/mol. The highest BCUT2D eigenvalue weighted by Crippen LogP contribution is 2.37. The molecule has 0 unspecified atom stereocenters. The third-order valence-corrected chi connectivity index (χ3v) is 4.61. The first-order chi connectivity index (χ1) is 13.9. The first-order valence-corrected chi connectivity index (χ1v) is 9.31. The summed E-state index contributed by atoms with van der Waals surface area (Å²) < 4.78 is 78.8. The number of hydrazine groups is 3. The van der Waals surface area contributed by atoms with E-state index in [-0.39, 0.29) is 11.2 Å². The maximum absolute atomic E-state index is 13.0. The van der Waals surface area contributed by atoms with E-state index in [1.807, 2.05) is 0 Å². The smallest absolute Gasteiger partial charge is 0.332 e. The lowest BCUT2D eigenvalue weighted by Crippen LogP contribution is -2.33. The average Bonchev–Trinajstić information content (AvgIpc) is 3.16. The lowest BCUT2D eigenvalue weighted by atomic mass is 10.1. The van der Waals surface area contributed by atoms with E-state index in [0.29, 0.717) is 23.4 Å². The molecule has 0 amide bonds. The number of halogens is 7. The zero-order valence-corrected chi connectivity index (χ0v) is 17.0. The molecule has 0 aliphatic carbocycles. The van der Waals surface area contributed by atoms with Gasteiger partial charge < -0.3 is 10.6 Å². The predicted octanol–water partition coefficient (Wildman–Crippen LogP) is 4.41. The van der Waals surface area contributed by atoms with Crippen LogP contribution in [0.15, 0.2) is 40.9 Å². The van der Waals surface area contributed by atoms with E-state index < -0.39 is 35.3 Å². The minimum absolute atomic E-state index is 0.0475. The zero-order valence-electron chi connectivity index (χ0n) is 14.6. The third-order valence-electron chi connectivity index (χ3n) is 3.91. The quantitative estimate of drug-likeness (QED) is 0.268. The second kappa shape index (κ2) is 8.64. The van der Waals surface area contributed by atoms with Gasteiger partial charge >= 0.3 is 12.4 Å². The van der Waals surface area contributed by atoms with Crippen LogP contribution in [-0.2, 0) is 12.4 Å². The van der Waals surface area contributed by atoms with E-state index in [9.17, 15) is 26.3 Å². The van der Waals surface area contributed by atoms with Gasteiger partial charge in [0, 0.05) is 21.4 Å². The lowest BCUT2D eigenvalue weighted by Gasteiger charge is -2.19. The number of anilines is 2. The molecule has 3 rings (SSSR count). The van der Waals surface area contributed by atoms with Gasteiger partial charge in [-0.2, -0.15) is 37.4 Å². The molecule has 1 aliphatic rings. The largest absolute Gasteiger partial charge is 0.416 e. The van der Waals surface area contributed by atoms with Gasteiger partial charge in [-0.05, 0) is 48.6 Å². The Hall–Kier alpha value is -1.97. The Morgan fingerprint density at radius 3 is 1.97 bits per heavy atom. The summed E-state index contributed by atoms with van der Waals surface area (Å²) in [6.07, 6.45) is -10.3. The normalized spacial score (nSPS) is 15.3. The van der Waals surface area contributed by atoms with E-state index in [1.54, 1.807) is 18.2 Å². The van der Waals surface area contributed by atoms with Crippen molar-refractivity contribution >= 4 is 44.6 Å². The number of hydrogen-bond donors (Lipinski definition) is 6. The van der Waals surface area contributed by atoms with Crippen LogP contribution < -0.4 is 32.6 Å². The van der Waals surface area contributed by atoms with Crippen LogP contribution in [0.3, 0.4) is 0 Å². The molecule has 2 aromatic carbocycles. The van der Waals surface area contributed by atoms with Gasteiger partial charge in [0.15, 0.2) is 5.11 Å². The summed E-state index contributed by atoms with van der Waals surface area (Å²) in [6.45, 7) is 0. The van der Waals surface area contributed by atoms with Crippen LogP contribution in [0.2, 0.25) is 0 Å². The maximum atomic E-state index is 13.0. The number of rotatable bonds is 3. The molecule has 30 heavy (non-hydrogen) atoms. The number of benzene rings is 2. The standard InChI is InChI=1S/C16H13BrF6N6S/c17-9-1-2-12(11(6-9)13-26-28-29-27-13)25-14(30)24-10-4-7(15(18,19)20)3-8(5-10)16(21,22)23/h1-6,13,26-29H,(H2,24,25,30). The highest BCUT2D eigenvalue weighted by Gasteiger charge is 2.37. The molecule has 14 heteroatoms. The van der Waals surface area contributed by atoms with Gasteiger partial charge in [-0.1, -0.05) is 15.9 Å². The van der Waals surface area contributed by atoms with Gasteiger partial charge in [-0.15, -0.1) is 0 Å². The fourth-order valence-electron chi connectivity index (χ4n) is 2.61. The van der Waals surface area contributed by atoms with Gasteiger partial charge in [0.2, 0.25) is 0 Å². The minimum atomic E-state index is -4.95. The molecule has 1 fully saturated rings. The van der Waals surface area contributed by atoms with Crippen molar-refractivity contribution in [2.45, 2.75) is 18.5 Å². The van der Waals surface area contributed by atoms with E-state index in [2.05, 4.69) is 48.5 Å². The molecule has 0 aromatic heterocycles. The SMILES string of the molecule is FC(F)(F)c1cc(NC(=S)Nc2ccc(Br)cc2C2NNNN2)cc(C(F)(F)F)c1. The molecule has 0 radical (unpaired) electrons. The summed E-state index contributed by atoms with van der Waals surface area (Å²) in [5.41, 5.74) is 8.79. The van der Waals surface area contributed by atoms with Gasteiger partial charge in [-0.25, -0.2) is 10.9 Å². The Labute approximate surface area is 179 Å². The molecule has 1 saturated heterocycles. The number of thiocarbonyl (C=S) groups is 1. The molecule has 1 aliphatic heterocycles. The maximum Gasteiger partial charge on any atom is 0.416 e. The summed E-state index contributed by atoms with van der Waals surface area (Å²) in [5.74, 6) is 0. The van der Waals surface area contributed by atoms with Crippen molar-refractivity contribution in [3.05, 3.63) is 57.6 Å². The number of nitrogens with one attached hydrogen (secondary N) is 6. The first-order valence-electron chi connectivity index (χ1n) is 8.11. The Balaban J connectivity index is 1.85. The topological polar surface area (TPSA) is 72.2 Å². The zero-order chi connectivity index (χ0) is 22.1. The Morgan fingerprint density at radius 1 is 0.867 bits per heavy atom. The fourth-order valence-corrected chi connectivity index (χ4v) is 3.21. The third kappa shape index (κ3) is 5.59. The highest BCUT2D eigenvalue weighted by molar-refractivity contribution is 9.10. The van der Waals surface area contributed by atoms with Crippen molar-refractivity contribution < 1.29 is 26.3 Å². The van der Waals surface area contributed by atoms with Gasteiger partial charge in [0.05, 0.1) is 11.1 Å². The van der Waals surface area contributed by atoms with E-state index in [0.717, 1.165) is 4.47 Å². The van der Waals surface area contributed by atoms with Crippen molar-refractivity contribution in [3.63, 3.8) is 0 Å². The van der Waals surface area contributed by atoms with Gasteiger partial charge in [0.25, 0.3) is 0 Å². The Kier molecular flexibility index (Phi) is 6.54. The Bertz CT molecular complexity index is 913. The summed E-state index contributed by atoms with van der Waals surface area (Å²) in [6, 6.07) is 6.24. The van der Waals surface area contributed by atoms with Crippen molar-refractivity contribution in [1.82, 2.24) is 21.9 Å². The molecular formula is C16H13BrF6N6S. The van der Waals surface area contributed by atoms with Gasteiger partial charge in [0.1, 0.15) is 6.17 Å². The lowest BCUT2D eigenvalue weighted by molar-refractivity contribution is -0.143. The summed E-state index contributed by atoms with van der Waals surface area (Å²) in [7, 11) is 0. The monoisotopic (exact) mass is 514 g/mol. The van der Waals surface area contributed by atoms with E-state index in [1.165, 1.54) is 0 Å². The average molecular weight is 515 g/mol. The number of hydrogen-bond acceptors (Lipinski definition) is 5. The van der Waals surface area contributed by atoms with Crippen LogP contribution >= 0.6 is 28.1 Å². The minimum Gasteiger partial charge on any atom is -0.332 e. The summed E-state index contributed by atoms with van der Waals surface area (Å²) in [5, 5.41) is 4.98. The summed E-state index contributed by atoms with van der Waals surface area (Å²) >= 11 is 8.42. The molecule has 162 valence electrons. The Morgan fingerprint density at radius 2 is 1.43 bits per heavy atom. The van der Waals surface area contributed by atoms with Crippen LogP contribution in [0.1, 0.15) is 22.9 Å². The van der Waals surface area contributed by atoms with E-state index in [4.69, 9.17) is 12.2 Å². The second-order valence-electron chi connectivity index (χ2n) is 6.08. The molecule has 0 atom stereocenters. The molecule has 2 aromatic rings. The van der Waals surface area contributed by atoms with Crippen LogP contribution in [0.5, 0.6) is 0 Å². The van der Waals surface area contributed by atoms with Crippen molar-refractivity contribution in [2.24, 2.45) is 0 Å². The van der Waals surface area contributed by atoms with Gasteiger partial charge in [-0.3, -0.25) is 0 Å². The molecule has 1 heterocycles. The fraction of sp³-hybridized carbons (Fsp3) is 0.188. The second-order valence-corrected chi connectivity index (χ2v) is 7.40. The number of alkyl halides is 6. The first kappa shape index (κ1) is 22.7.